The van der Waals surface area contributed by atoms with E-state index in [2.05, 4.69) is 20.4 Å². The van der Waals surface area contributed by atoms with E-state index in [1.165, 1.54) is 42.6 Å². The molecule has 14 nitrogen and oxygen atoms in total. The predicted molar refractivity (Wildman–Crippen MR) is 143 cm³/mol. The third kappa shape index (κ3) is 6.19. The maximum atomic E-state index is 13.0. The van der Waals surface area contributed by atoms with Gasteiger partial charge >= 0.3 is 29.6 Å². The van der Waals surface area contributed by atoms with Gasteiger partial charge in [0.25, 0.3) is 17.0 Å². The Morgan fingerprint density at radius 3 is 2.80 bits per heavy atom. The van der Waals surface area contributed by atoms with Crippen LogP contribution in [0, 0.1) is 0 Å². The number of hydrogen-bond donors (Lipinski definition) is 4. The molecule has 208 valence electrons. The Hall–Kier alpha value is -3.22. The van der Waals surface area contributed by atoms with Gasteiger partial charge in [0.05, 0.1) is 17.9 Å². The van der Waals surface area contributed by atoms with E-state index in [0.717, 1.165) is 28.0 Å². The summed E-state index contributed by atoms with van der Waals surface area (Å²) >= 11 is 3.50. The van der Waals surface area contributed by atoms with E-state index in [0.29, 0.717) is 16.9 Å². The zero-order valence-corrected chi connectivity index (χ0v) is 25.8. The Morgan fingerprint density at radius 1 is 1.37 bits per heavy atom. The number of anilines is 1. The molecule has 2 amide bonds. The average molecular weight is 627 g/mol. The number of thiazole rings is 1. The number of carbonyl (C=O) groups is 3. The molecule has 41 heavy (non-hydrogen) atoms. The molecule has 2 aromatic heterocycles. The molecule has 5 N–H and O–H groups in total. The van der Waals surface area contributed by atoms with Crippen molar-refractivity contribution in [3.8, 4) is 22.8 Å². The van der Waals surface area contributed by atoms with Gasteiger partial charge in [-0.3, -0.25) is 14.5 Å². The van der Waals surface area contributed by atoms with Crippen LogP contribution in [0.25, 0.3) is 11.3 Å². The normalized spacial score (nSPS) is 18.3. The SMILES string of the molecule is CON=C(C(=O)N[C@@H]1C(=O)N2C(C(=O)[O-])=C(CSc3ncc(-c4ccc(O)c(O)c4)o3)CS[C@H]12)c1csc(N)n1.[Na+]. The Morgan fingerprint density at radius 2 is 2.15 bits per heavy atom. The summed E-state index contributed by atoms with van der Waals surface area (Å²) in [6, 6.07) is 3.17. The number of hydrogen-bond acceptors (Lipinski definition) is 15. The number of aliphatic carboxylic acids is 1. The number of nitrogens with zero attached hydrogens (tertiary/aromatic N) is 4. The van der Waals surface area contributed by atoms with Crippen molar-refractivity contribution in [2.45, 2.75) is 16.6 Å². The number of nitrogens with two attached hydrogens (primary N) is 1. The second-order valence-electron chi connectivity index (χ2n) is 8.28. The van der Waals surface area contributed by atoms with Gasteiger partial charge in [-0.2, -0.15) is 0 Å². The molecule has 18 heteroatoms. The number of β-lactam (4-membered cyclic amide) rings is 1. The summed E-state index contributed by atoms with van der Waals surface area (Å²) in [5, 5.41) is 38.8. The number of carbonyl (C=O) groups excluding carboxylic acids is 3. The van der Waals surface area contributed by atoms with Crippen LogP contribution in [-0.4, -0.2) is 78.6 Å². The van der Waals surface area contributed by atoms with Gasteiger partial charge < -0.3 is 40.4 Å². The van der Waals surface area contributed by atoms with Crippen LogP contribution in [0.2, 0.25) is 0 Å². The summed E-state index contributed by atoms with van der Waals surface area (Å²) in [7, 11) is 1.25. The van der Waals surface area contributed by atoms with Crippen LogP contribution in [0.4, 0.5) is 5.13 Å². The van der Waals surface area contributed by atoms with Crippen molar-refractivity contribution in [2.24, 2.45) is 5.16 Å². The number of fused-ring (bicyclic) bond motifs is 1. The molecule has 2 aliphatic heterocycles. The molecule has 1 fully saturated rings. The third-order valence-corrected chi connectivity index (χ3v) is 8.75. The first-order valence-corrected chi connectivity index (χ1v) is 14.2. The number of aromatic hydroxyl groups is 2. The fourth-order valence-corrected chi connectivity index (χ4v) is 6.80. The summed E-state index contributed by atoms with van der Waals surface area (Å²) in [4.78, 5) is 51.9. The van der Waals surface area contributed by atoms with Crippen molar-refractivity contribution in [1.29, 1.82) is 0 Å². The number of nitrogens with one attached hydrogen (secondary N) is 1. The largest absolute Gasteiger partial charge is 1.00 e. The fraction of sp³-hybridized carbons (Fsp3) is 0.217. The molecule has 0 saturated carbocycles. The molecule has 0 bridgehead atoms. The summed E-state index contributed by atoms with van der Waals surface area (Å²) < 4.78 is 5.68. The van der Waals surface area contributed by atoms with E-state index in [4.69, 9.17) is 15.0 Å². The van der Waals surface area contributed by atoms with Gasteiger partial charge in [0.2, 0.25) is 0 Å². The summed E-state index contributed by atoms with van der Waals surface area (Å²) in [6.45, 7) is 0. The first-order valence-electron chi connectivity index (χ1n) is 11.3. The monoisotopic (exact) mass is 626 g/mol. The van der Waals surface area contributed by atoms with Crippen molar-refractivity contribution in [3.05, 3.63) is 46.7 Å². The molecule has 0 spiro atoms. The first kappa shape index (κ1) is 30.7. The minimum Gasteiger partial charge on any atom is -0.543 e. The van der Waals surface area contributed by atoms with E-state index in [1.807, 2.05) is 0 Å². The zero-order valence-electron chi connectivity index (χ0n) is 21.4. The summed E-state index contributed by atoms with van der Waals surface area (Å²) in [6.07, 6.45) is 1.43. The van der Waals surface area contributed by atoms with Gasteiger partial charge in [0, 0.05) is 22.4 Å². The van der Waals surface area contributed by atoms with E-state index in [1.54, 1.807) is 6.07 Å². The maximum Gasteiger partial charge on any atom is 1.00 e. The molecule has 1 aromatic carbocycles. The van der Waals surface area contributed by atoms with Crippen molar-refractivity contribution >= 4 is 63.5 Å². The van der Waals surface area contributed by atoms with E-state index >= 15 is 0 Å². The number of thioether (sulfide) groups is 2. The molecule has 2 aliphatic rings. The van der Waals surface area contributed by atoms with Crippen molar-refractivity contribution < 1.29 is 68.5 Å². The van der Waals surface area contributed by atoms with E-state index in [9.17, 15) is 29.7 Å². The molecule has 0 aliphatic carbocycles. The maximum absolute atomic E-state index is 13.0. The topological polar surface area (TPSA) is 217 Å². The number of aromatic nitrogens is 2. The Kier molecular flexibility index (Phi) is 9.55. The Bertz CT molecular complexity index is 1570. The van der Waals surface area contributed by atoms with Crippen LogP contribution in [0.15, 0.2) is 55.8 Å². The average Bonchev–Trinajstić information content (AvgIpc) is 3.59. The number of amides is 2. The zero-order chi connectivity index (χ0) is 28.6. The number of nitrogen functional groups attached to an aromatic ring is 1. The predicted octanol–water partition coefficient (Wildman–Crippen LogP) is -2.66. The molecule has 5 rings (SSSR count). The Labute approximate surface area is 266 Å². The van der Waals surface area contributed by atoms with Crippen molar-refractivity contribution in [2.75, 3.05) is 24.3 Å². The molecular formula is C23H19N6NaO8S3. The van der Waals surface area contributed by atoms with Crippen LogP contribution < -0.4 is 45.7 Å². The minimum atomic E-state index is -1.52. The van der Waals surface area contributed by atoms with Crippen LogP contribution in [-0.2, 0) is 19.2 Å². The number of phenolic OH excluding ortho intramolecular Hbond substituents is 2. The van der Waals surface area contributed by atoms with Crippen LogP contribution >= 0.6 is 34.9 Å². The molecule has 0 radical (unpaired) electrons. The minimum absolute atomic E-state index is 0. The molecule has 4 heterocycles. The molecule has 1 saturated heterocycles. The van der Waals surface area contributed by atoms with Crippen LogP contribution in [0.5, 0.6) is 11.5 Å². The van der Waals surface area contributed by atoms with Crippen LogP contribution in [0.1, 0.15) is 5.69 Å². The third-order valence-electron chi connectivity index (χ3n) is 5.80. The second-order valence-corrected chi connectivity index (χ2v) is 11.2. The van der Waals surface area contributed by atoms with Gasteiger partial charge in [-0.15, -0.1) is 23.1 Å². The van der Waals surface area contributed by atoms with Gasteiger partial charge in [0.15, 0.2) is 28.1 Å². The summed E-state index contributed by atoms with van der Waals surface area (Å²) in [5.41, 5.74) is 6.28. The number of carboxylic acid groups (broad SMARTS) is 1. The standard InChI is InChI=1S/C23H20N6O8S3.Na/c1-36-28-15(11-8-39-22(24)26-11)18(32)27-16-19(33)29-17(21(34)35)10(6-38-20(16)29)7-40-23-25-5-14(37-23)9-2-3-12(30)13(31)4-9;/h2-5,8,16,20,30-31H,6-7H2,1H3,(H2,24,26)(H,27,32)(H,34,35);/q;+1/p-1/t16-,20-;/m1./s1. The number of rotatable bonds is 9. The molecule has 2 atom stereocenters. The first-order chi connectivity index (χ1) is 19.2. The van der Waals surface area contributed by atoms with Gasteiger partial charge in [-0.1, -0.05) is 16.9 Å². The quantitative estimate of drug-likeness (QED) is 0.0477. The number of phenols is 2. The smallest absolute Gasteiger partial charge is 0.543 e. The van der Waals surface area contributed by atoms with E-state index < -0.39 is 29.2 Å². The number of oxazole rings is 1. The second kappa shape index (κ2) is 12.7. The van der Waals surface area contributed by atoms with Gasteiger partial charge in [-0.05, 0) is 23.8 Å². The molecular weight excluding hydrogens is 607 g/mol. The summed E-state index contributed by atoms with van der Waals surface area (Å²) in [5.74, 6) is -2.74. The van der Waals surface area contributed by atoms with E-state index in [-0.39, 0.29) is 80.0 Å². The van der Waals surface area contributed by atoms with Crippen molar-refractivity contribution in [1.82, 2.24) is 20.2 Å². The van der Waals surface area contributed by atoms with Gasteiger partial charge in [-0.25, -0.2) is 9.97 Å². The number of carboxylic acids is 1. The van der Waals surface area contributed by atoms with Gasteiger partial charge in [0.1, 0.15) is 24.2 Å². The molecule has 0 unspecified atom stereocenters. The molecule has 3 aromatic rings. The van der Waals surface area contributed by atoms with Crippen molar-refractivity contribution in [3.63, 3.8) is 0 Å². The Balaban J connectivity index is 0.00000387. The number of oxime groups is 1. The fourth-order valence-electron chi connectivity index (χ4n) is 3.97. The number of benzene rings is 1. The van der Waals surface area contributed by atoms with Crippen LogP contribution in [0.3, 0.4) is 0 Å².